The zero-order valence-corrected chi connectivity index (χ0v) is 22.0. The van der Waals surface area contributed by atoms with Crippen LogP contribution in [0.4, 0.5) is 29.3 Å². The van der Waals surface area contributed by atoms with E-state index < -0.39 is 45.7 Å². The number of anilines is 2. The summed E-state index contributed by atoms with van der Waals surface area (Å²) >= 11 is 0. The number of alkyl halides is 3. The van der Waals surface area contributed by atoms with Crippen LogP contribution in [0.3, 0.4) is 0 Å². The molecule has 4 rings (SSSR count). The molecule has 0 radical (unpaired) electrons. The van der Waals surface area contributed by atoms with Gasteiger partial charge in [0.05, 0.1) is 12.8 Å². The van der Waals surface area contributed by atoms with Crippen molar-refractivity contribution in [1.82, 2.24) is 10.0 Å². The van der Waals surface area contributed by atoms with Gasteiger partial charge in [-0.15, -0.1) is 13.2 Å². The zero-order chi connectivity index (χ0) is 29.1. The number of hydrogen-bond donors (Lipinski definition) is 3. The number of carbonyl (C=O) groups excluding carboxylic acids is 2. The molecule has 212 valence electrons. The van der Waals surface area contributed by atoms with E-state index in [1.54, 1.807) is 59.3 Å². The number of rotatable bonds is 9. The van der Waals surface area contributed by atoms with Gasteiger partial charge in [0.15, 0.2) is 0 Å². The van der Waals surface area contributed by atoms with E-state index in [9.17, 15) is 31.2 Å². The molecule has 1 aliphatic carbocycles. The highest BCUT2D eigenvalue weighted by Gasteiger charge is 2.63. The van der Waals surface area contributed by atoms with Crippen LogP contribution in [0.15, 0.2) is 78.9 Å². The number of halogens is 3. The van der Waals surface area contributed by atoms with Crippen LogP contribution in [0.1, 0.15) is 17.9 Å². The van der Waals surface area contributed by atoms with Crippen molar-refractivity contribution in [3.05, 3.63) is 84.4 Å². The molecule has 0 saturated heterocycles. The summed E-state index contributed by atoms with van der Waals surface area (Å²) in [6, 6.07) is 18.5. The first-order valence-electron chi connectivity index (χ1n) is 11.8. The average Bonchev–Trinajstić information content (AvgIpc) is 3.61. The quantitative estimate of drug-likeness (QED) is 0.351. The molecule has 3 aromatic carbocycles. The first-order chi connectivity index (χ1) is 18.8. The monoisotopic (exact) mass is 578 g/mol. The Morgan fingerprint density at radius 3 is 2.27 bits per heavy atom. The van der Waals surface area contributed by atoms with E-state index >= 15 is 0 Å². The van der Waals surface area contributed by atoms with Crippen molar-refractivity contribution >= 4 is 33.5 Å². The van der Waals surface area contributed by atoms with Crippen molar-refractivity contribution in [1.29, 1.82) is 0 Å². The minimum absolute atomic E-state index is 0.202. The third-order valence-corrected chi connectivity index (χ3v) is 7.15. The summed E-state index contributed by atoms with van der Waals surface area (Å²) in [6.07, 6.45) is -4.77. The van der Waals surface area contributed by atoms with Gasteiger partial charge in [-0.05, 0) is 48.4 Å². The zero-order valence-electron chi connectivity index (χ0n) is 21.2. The lowest BCUT2D eigenvalue weighted by atomic mass is 10.0. The van der Waals surface area contributed by atoms with Gasteiger partial charge in [-0.2, -0.15) is 8.42 Å². The number of benzene rings is 3. The van der Waals surface area contributed by atoms with Crippen LogP contribution in [-0.2, 0) is 15.0 Å². The van der Waals surface area contributed by atoms with Crippen LogP contribution < -0.4 is 29.1 Å². The Morgan fingerprint density at radius 2 is 1.65 bits per heavy atom. The second kappa shape index (κ2) is 11.0. The molecule has 3 amide bonds. The number of nitrogens with zero attached hydrogens (tertiary/aromatic N) is 1. The molecule has 10 nitrogen and oxygen atoms in total. The normalized spacial score (nSPS) is 18.3. The number of likely N-dealkylation sites (N-methyl/N-ethyl adjacent to an activating group) is 1. The standard InChI is InChI=1S/C26H25F3N4O6S/c1-33(19-11-13-20(38-2)14-12-19)23(34)25(16-22(25)17-7-4-3-5-8-17)30-24(35)32-40(36,37)31-18-9-6-10-21(15-18)39-26(27,28)29/h3-15,22,31H,16H2,1-2H3,(H2,30,32,35)/t22?,25-/m0/s1. The van der Waals surface area contributed by atoms with Gasteiger partial charge in [-0.25, -0.2) is 9.52 Å². The van der Waals surface area contributed by atoms with Gasteiger partial charge in [0.25, 0.3) is 5.91 Å². The van der Waals surface area contributed by atoms with E-state index in [2.05, 4.69) is 10.1 Å². The van der Waals surface area contributed by atoms with Gasteiger partial charge in [-0.1, -0.05) is 36.4 Å². The maximum Gasteiger partial charge on any atom is 0.573 e. The molecule has 3 aromatic rings. The molecular weight excluding hydrogens is 553 g/mol. The largest absolute Gasteiger partial charge is 0.573 e. The summed E-state index contributed by atoms with van der Waals surface area (Å²) in [5, 5.41) is 2.51. The summed E-state index contributed by atoms with van der Waals surface area (Å²) in [7, 11) is -1.58. The highest BCUT2D eigenvalue weighted by Crippen LogP contribution is 2.52. The maximum atomic E-state index is 13.7. The molecule has 40 heavy (non-hydrogen) atoms. The van der Waals surface area contributed by atoms with Crippen LogP contribution in [0.5, 0.6) is 11.5 Å². The van der Waals surface area contributed by atoms with Gasteiger partial charge >= 0.3 is 22.6 Å². The van der Waals surface area contributed by atoms with Crippen molar-refractivity contribution in [2.24, 2.45) is 0 Å². The summed E-state index contributed by atoms with van der Waals surface area (Å²) in [4.78, 5) is 27.9. The molecule has 1 fully saturated rings. The van der Waals surface area contributed by atoms with Crippen molar-refractivity contribution in [3.8, 4) is 11.5 Å². The second-order valence-corrected chi connectivity index (χ2v) is 10.4. The molecule has 1 saturated carbocycles. The lowest BCUT2D eigenvalue weighted by Gasteiger charge is -2.26. The van der Waals surface area contributed by atoms with E-state index in [4.69, 9.17) is 4.74 Å². The molecular formula is C26H25F3N4O6S. The van der Waals surface area contributed by atoms with E-state index in [0.717, 1.165) is 23.8 Å². The summed E-state index contributed by atoms with van der Waals surface area (Å²) < 4.78 is 75.3. The third-order valence-electron chi connectivity index (χ3n) is 6.19. The minimum Gasteiger partial charge on any atom is -0.497 e. The SMILES string of the molecule is COc1ccc(N(C)C(=O)[C@]2(NC(=O)NS(=O)(=O)Nc3cccc(OC(F)(F)F)c3)CC2c2ccccc2)cc1. The molecule has 0 heterocycles. The summed E-state index contributed by atoms with van der Waals surface area (Å²) in [5.74, 6) is -1.01. The number of methoxy groups -OCH3 is 1. The van der Waals surface area contributed by atoms with E-state index in [1.807, 2.05) is 4.72 Å². The van der Waals surface area contributed by atoms with Crippen molar-refractivity contribution < 1.29 is 40.7 Å². The Balaban J connectivity index is 1.51. The lowest BCUT2D eigenvalue weighted by molar-refractivity contribution is -0.274. The Bertz CT molecular complexity index is 1490. The fraction of sp³-hybridized carbons (Fsp3) is 0.231. The van der Waals surface area contributed by atoms with Crippen LogP contribution in [0.25, 0.3) is 0 Å². The highest BCUT2D eigenvalue weighted by atomic mass is 32.2. The Kier molecular flexibility index (Phi) is 7.82. The molecule has 0 bridgehead atoms. The molecule has 1 aliphatic rings. The molecule has 2 atom stereocenters. The number of urea groups is 1. The highest BCUT2D eigenvalue weighted by molar-refractivity contribution is 7.91. The first-order valence-corrected chi connectivity index (χ1v) is 13.3. The Labute approximate surface area is 228 Å². The Hall–Kier alpha value is -4.46. The number of hydrogen-bond acceptors (Lipinski definition) is 6. The van der Waals surface area contributed by atoms with Crippen LogP contribution in [0, 0.1) is 0 Å². The average molecular weight is 579 g/mol. The predicted octanol–water partition coefficient (Wildman–Crippen LogP) is 4.14. The molecule has 1 unspecified atom stereocenters. The number of amides is 3. The lowest BCUT2D eigenvalue weighted by Crippen LogP contribution is -2.55. The fourth-order valence-corrected chi connectivity index (χ4v) is 5.07. The van der Waals surface area contributed by atoms with Crippen molar-refractivity contribution in [2.45, 2.75) is 24.2 Å². The summed E-state index contributed by atoms with van der Waals surface area (Å²) in [5.41, 5.74) is -0.473. The van der Waals surface area contributed by atoms with Gasteiger partial charge in [0.1, 0.15) is 17.0 Å². The van der Waals surface area contributed by atoms with Crippen LogP contribution in [-0.4, -0.2) is 46.4 Å². The van der Waals surface area contributed by atoms with Gasteiger partial charge in [-0.3, -0.25) is 9.52 Å². The van der Waals surface area contributed by atoms with E-state index in [1.165, 1.54) is 25.1 Å². The topological polar surface area (TPSA) is 126 Å². The van der Waals surface area contributed by atoms with Crippen molar-refractivity contribution in [2.75, 3.05) is 23.8 Å². The third kappa shape index (κ3) is 6.75. The van der Waals surface area contributed by atoms with E-state index in [-0.39, 0.29) is 12.1 Å². The number of carbonyl (C=O) groups is 2. The fourth-order valence-electron chi connectivity index (χ4n) is 4.29. The van der Waals surface area contributed by atoms with Crippen molar-refractivity contribution in [3.63, 3.8) is 0 Å². The molecule has 14 heteroatoms. The molecule has 3 N–H and O–H groups in total. The van der Waals surface area contributed by atoms with Crippen LogP contribution in [0.2, 0.25) is 0 Å². The van der Waals surface area contributed by atoms with Crippen LogP contribution >= 0.6 is 0 Å². The predicted molar refractivity (Wildman–Crippen MR) is 140 cm³/mol. The maximum absolute atomic E-state index is 13.7. The molecule has 0 aromatic heterocycles. The first kappa shape index (κ1) is 28.5. The minimum atomic E-state index is -4.98. The molecule has 0 spiro atoms. The smallest absolute Gasteiger partial charge is 0.497 e. The molecule has 0 aliphatic heterocycles. The summed E-state index contributed by atoms with van der Waals surface area (Å²) in [6.45, 7) is 0. The number of nitrogens with one attached hydrogen (secondary N) is 3. The second-order valence-electron chi connectivity index (χ2n) is 8.94. The number of ether oxygens (including phenoxy) is 2. The Morgan fingerprint density at radius 1 is 0.975 bits per heavy atom. The van der Waals surface area contributed by atoms with Gasteiger partial charge in [0.2, 0.25) is 0 Å². The van der Waals surface area contributed by atoms with E-state index in [0.29, 0.717) is 11.4 Å². The van der Waals surface area contributed by atoms with Gasteiger partial charge < -0.3 is 19.7 Å². The van der Waals surface area contributed by atoms with Gasteiger partial charge in [0, 0.05) is 24.7 Å².